The monoisotopic (exact) mass is 287 g/mol. The van der Waals surface area contributed by atoms with E-state index in [2.05, 4.69) is 0 Å². The molecule has 0 saturated heterocycles. The predicted molar refractivity (Wildman–Crippen MR) is 77.9 cm³/mol. The molecule has 2 aromatic rings. The molecule has 0 fully saturated rings. The van der Waals surface area contributed by atoms with Crippen LogP contribution in [0, 0.1) is 0 Å². The van der Waals surface area contributed by atoms with Crippen molar-refractivity contribution in [3.8, 4) is 5.75 Å². The molecule has 0 aliphatic rings. The molecule has 1 heterocycles. The van der Waals surface area contributed by atoms with Crippen molar-refractivity contribution in [2.75, 3.05) is 7.11 Å². The second-order valence-corrected chi connectivity index (χ2v) is 4.58. The van der Waals surface area contributed by atoms with Crippen molar-refractivity contribution in [2.45, 2.75) is 19.9 Å². The summed E-state index contributed by atoms with van der Waals surface area (Å²) in [7, 11) is 1.57. The summed E-state index contributed by atoms with van der Waals surface area (Å²) >= 11 is 0. The van der Waals surface area contributed by atoms with E-state index in [-0.39, 0.29) is 12.2 Å². The fraction of sp³-hybridized carbons (Fsp3) is 0.250. The molecule has 0 spiro atoms. The number of rotatable bonds is 6. The largest absolute Gasteiger partial charge is 0.497 e. The number of aromatic nitrogens is 1. The highest BCUT2D eigenvalue weighted by Gasteiger charge is 2.17. The zero-order chi connectivity index (χ0) is 15.4. The van der Waals surface area contributed by atoms with Crippen LogP contribution in [0.1, 0.15) is 28.7 Å². The highest BCUT2D eigenvalue weighted by Crippen LogP contribution is 2.18. The summed E-state index contributed by atoms with van der Waals surface area (Å²) in [4.78, 5) is 23.4. The van der Waals surface area contributed by atoms with Crippen LogP contribution in [0.5, 0.6) is 5.75 Å². The average molecular weight is 287 g/mol. The van der Waals surface area contributed by atoms with Crippen molar-refractivity contribution >= 4 is 11.8 Å². The molecular formula is C16H17NO4. The summed E-state index contributed by atoms with van der Waals surface area (Å²) < 4.78 is 6.80. The molecule has 1 aromatic carbocycles. The summed E-state index contributed by atoms with van der Waals surface area (Å²) in [5.74, 6) is -0.355. The van der Waals surface area contributed by atoms with Crippen molar-refractivity contribution in [3.05, 3.63) is 53.3 Å². The molecule has 5 heteroatoms. The lowest BCUT2D eigenvalue weighted by Gasteiger charge is -2.09. The van der Waals surface area contributed by atoms with E-state index in [4.69, 9.17) is 9.84 Å². The summed E-state index contributed by atoms with van der Waals surface area (Å²) in [6, 6.07) is 10.2. The van der Waals surface area contributed by atoms with Gasteiger partial charge in [0.15, 0.2) is 0 Å². The minimum absolute atomic E-state index is 0.0935. The molecule has 1 aromatic heterocycles. The fourth-order valence-corrected chi connectivity index (χ4v) is 2.28. The maximum atomic E-state index is 12.5. The van der Waals surface area contributed by atoms with Crippen molar-refractivity contribution in [1.82, 2.24) is 4.57 Å². The molecule has 0 unspecified atom stereocenters. The number of methoxy groups -OCH3 is 1. The number of nitrogens with zero attached hydrogens (tertiary/aromatic N) is 1. The first kappa shape index (κ1) is 14.8. The average Bonchev–Trinajstić information content (AvgIpc) is 2.88. The van der Waals surface area contributed by atoms with Crippen LogP contribution in [-0.2, 0) is 17.8 Å². The van der Waals surface area contributed by atoms with Crippen molar-refractivity contribution in [2.24, 2.45) is 0 Å². The Morgan fingerprint density at radius 1 is 1.14 bits per heavy atom. The van der Waals surface area contributed by atoms with E-state index in [1.165, 1.54) is 0 Å². The number of ether oxygens (including phenoxy) is 1. The number of benzene rings is 1. The molecule has 0 amide bonds. The molecule has 0 atom stereocenters. The zero-order valence-corrected chi connectivity index (χ0v) is 12.0. The van der Waals surface area contributed by atoms with Crippen molar-refractivity contribution in [1.29, 1.82) is 0 Å². The summed E-state index contributed by atoms with van der Waals surface area (Å²) in [6.45, 7) is 2.43. The number of carboxylic acid groups (broad SMARTS) is 1. The highest BCUT2D eigenvalue weighted by atomic mass is 16.5. The van der Waals surface area contributed by atoms with Gasteiger partial charge in [-0.1, -0.05) is 0 Å². The number of aliphatic carboxylic acids is 1. The SMILES string of the molecule is CCn1c(CC(=O)O)ccc1C(=O)c1ccc(OC)cc1. The number of hydrogen-bond acceptors (Lipinski definition) is 3. The zero-order valence-electron chi connectivity index (χ0n) is 12.0. The maximum absolute atomic E-state index is 12.5. The summed E-state index contributed by atoms with van der Waals surface area (Å²) in [5.41, 5.74) is 1.67. The van der Waals surface area contributed by atoms with Crippen LogP contribution in [0.2, 0.25) is 0 Å². The Morgan fingerprint density at radius 2 is 1.81 bits per heavy atom. The quantitative estimate of drug-likeness (QED) is 0.828. The summed E-state index contributed by atoms with van der Waals surface area (Å²) in [6.07, 6.45) is -0.0935. The predicted octanol–water partition coefficient (Wildman–Crippen LogP) is 2.37. The van der Waals surface area contributed by atoms with Gasteiger partial charge >= 0.3 is 5.97 Å². The molecule has 0 aliphatic heterocycles. The molecule has 2 rings (SSSR count). The lowest BCUT2D eigenvalue weighted by atomic mass is 10.1. The number of carbonyl (C=O) groups is 2. The van der Waals surface area contributed by atoms with Crippen molar-refractivity contribution in [3.63, 3.8) is 0 Å². The van der Waals surface area contributed by atoms with Crippen LogP contribution in [-0.4, -0.2) is 28.5 Å². The van der Waals surface area contributed by atoms with E-state index in [0.717, 1.165) is 0 Å². The first-order valence-electron chi connectivity index (χ1n) is 6.65. The van der Waals surface area contributed by atoms with Gasteiger partial charge in [0.25, 0.3) is 0 Å². The van der Waals surface area contributed by atoms with Gasteiger partial charge in [0.1, 0.15) is 5.75 Å². The van der Waals surface area contributed by atoms with E-state index >= 15 is 0 Å². The van der Waals surface area contributed by atoms with E-state index in [9.17, 15) is 9.59 Å². The fourth-order valence-electron chi connectivity index (χ4n) is 2.28. The molecular weight excluding hydrogens is 270 g/mol. The molecule has 21 heavy (non-hydrogen) atoms. The molecule has 1 N–H and O–H groups in total. The third-order valence-electron chi connectivity index (χ3n) is 3.30. The van der Waals surface area contributed by atoms with Gasteiger partial charge in [-0.15, -0.1) is 0 Å². The lowest BCUT2D eigenvalue weighted by Crippen LogP contribution is -2.13. The van der Waals surface area contributed by atoms with Gasteiger partial charge in [0.05, 0.1) is 19.2 Å². The molecule has 0 bridgehead atoms. The topological polar surface area (TPSA) is 68.5 Å². The second kappa shape index (κ2) is 6.26. The van der Waals surface area contributed by atoms with Gasteiger partial charge in [-0.3, -0.25) is 9.59 Å². The van der Waals surface area contributed by atoms with Gasteiger partial charge in [-0.25, -0.2) is 0 Å². The van der Waals surface area contributed by atoms with Gasteiger partial charge in [-0.2, -0.15) is 0 Å². The van der Waals surface area contributed by atoms with Crippen LogP contribution < -0.4 is 4.74 Å². The van der Waals surface area contributed by atoms with Crippen LogP contribution in [0.4, 0.5) is 0 Å². The smallest absolute Gasteiger partial charge is 0.309 e. The maximum Gasteiger partial charge on any atom is 0.309 e. The van der Waals surface area contributed by atoms with Gasteiger partial charge < -0.3 is 14.4 Å². The molecule has 110 valence electrons. The minimum Gasteiger partial charge on any atom is -0.497 e. The standard InChI is InChI=1S/C16H17NO4/c1-3-17-12(10-15(18)19)6-9-14(17)16(20)11-4-7-13(21-2)8-5-11/h4-9H,3,10H2,1-2H3,(H,18,19). The van der Waals surface area contributed by atoms with Gasteiger partial charge in [0, 0.05) is 17.8 Å². The number of ketones is 1. The van der Waals surface area contributed by atoms with E-state index in [1.54, 1.807) is 48.1 Å². The molecule has 5 nitrogen and oxygen atoms in total. The van der Waals surface area contributed by atoms with Crippen LogP contribution >= 0.6 is 0 Å². The highest BCUT2D eigenvalue weighted by molar-refractivity contribution is 6.08. The van der Waals surface area contributed by atoms with Crippen LogP contribution in [0.25, 0.3) is 0 Å². The first-order valence-corrected chi connectivity index (χ1v) is 6.65. The third kappa shape index (κ3) is 3.13. The third-order valence-corrected chi connectivity index (χ3v) is 3.30. The first-order chi connectivity index (χ1) is 10.1. The number of carbonyl (C=O) groups excluding carboxylic acids is 1. The Hall–Kier alpha value is -2.56. The Balaban J connectivity index is 2.33. The van der Waals surface area contributed by atoms with E-state index in [1.807, 2.05) is 6.92 Å². The molecule has 0 radical (unpaired) electrons. The number of hydrogen-bond donors (Lipinski definition) is 1. The Bertz CT molecular complexity index is 655. The molecule has 0 saturated carbocycles. The van der Waals surface area contributed by atoms with Crippen molar-refractivity contribution < 1.29 is 19.4 Å². The van der Waals surface area contributed by atoms with E-state index in [0.29, 0.717) is 29.2 Å². The second-order valence-electron chi connectivity index (χ2n) is 4.58. The van der Waals surface area contributed by atoms with Gasteiger partial charge in [-0.05, 0) is 43.3 Å². The Labute approximate surface area is 122 Å². The molecule has 0 aliphatic carbocycles. The Morgan fingerprint density at radius 3 is 2.33 bits per heavy atom. The van der Waals surface area contributed by atoms with Crippen LogP contribution in [0.15, 0.2) is 36.4 Å². The summed E-state index contributed by atoms with van der Waals surface area (Å²) in [5, 5.41) is 8.90. The van der Waals surface area contributed by atoms with Crippen LogP contribution in [0.3, 0.4) is 0 Å². The normalized spacial score (nSPS) is 10.4. The number of carboxylic acids is 1. The van der Waals surface area contributed by atoms with E-state index < -0.39 is 5.97 Å². The lowest BCUT2D eigenvalue weighted by molar-refractivity contribution is -0.136. The van der Waals surface area contributed by atoms with Gasteiger partial charge in [0.2, 0.25) is 5.78 Å². The Kier molecular flexibility index (Phi) is 4.42. The minimum atomic E-state index is -0.911.